The van der Waals surface area contributed by atoms with Crippen molar-refractivity contribution < 1.29 is 9.53 Å². The molecule has 0 aromatic heterocycles. The number of amides is 1. The molecule has 16 heavy (non-hydrogen) atoms. The number of carbonyl (C=O) groups excluding carboxylic acids is 1. The summed E-state index contributed by atoms with van der Waals surface area (Å²) in [7, 11) is 1.71. The number of nitrogens with zero attached hydrogens (tertiary/aromatic N) is 1. The van der Waals surface area contributed by atoms with Crippen molar-refractivity contribution in [2.45, 2.75) is 45.3 Å². The summed E-state index contributed by atoms with van der Waals surface area (Å²) in [6.07, 6.45) is 2.88. The lowest BCUT2D eigenvalue weighted by Gasteiger charge is -2.37. The Morgan fingerprint density at radius 2 is 2.31 bits per heavy atom. The van der Waals surface area contributed by atoms with Crippen LogP contribution in [0.2, 0.25) is 0 Å². The van der Waals surface area contributed by atoms with Gasteiger partial charge < -0.3 is 15.4 Å². The third kappa shape index (κ3) is 3.19. The Labute approximate surface area is 98.1 Å². The van der Waals surface area contributed by atoms with Gasteiger partial charge in [0.1, 0.15) is 0 Å². The second-order valence-corrected chi connectivity index (χ2v) is 4.72. The Bertz CT molecular complexity index is 233. The minimum atomic E-state index is -0.337. The molecule has 0 aliphatic carbocycles. The van der Waals surface area contributed by atoms with Crippen LogP contribution in [0.1, 0.15) is 33.1 Å². The summed E-state index contributed by atoms with van der Waals surface area (Å²) >= 11 is 0. The summed E-state index contributed by atoms with van der Waals surface area (Å²) in [5, 5.41) is 0. The van der Waals surface area contributed by atoms with Gasteiger partial charge in [-0.1, -0.05) is 20.3 Å². The van der Waals surface area contributed by atoms with E-state index in [1.165, 1.54) is 0 Å². The molecule has 0 aromatic carbocycles. The first kappa shape index (κ1) is 13.5. The van der Waals surface area contributed by atoms with Crippen LogP contribution in [0.4, 0.5) is 0 Å². The molecule has 0 spiro atoms. The monoisotopic (exact) mass is 228 g/mol. The third-order valence-electron chi connectivity index (χ3n) is 3.42. The largest absolute Gasteiger partial charge is 0.379 e. The van der Waals surface area contributed by atoms with Crippen LogP contribution in [0, 0.1) is 5.92 Å². The van der Waals surface area contributed by atoms with Crippen molar-refractivity contribution in [1.82, 2.24) is 4.90 Å². The number of methoxy groups -OCH3 is 1. The van der Waals surface area contributed by atoms with Crippen molar-refractivity contribution in [1.29, 1.82) is 0 Å². The molecule has 0 radical (unpaired) electrons. The molecule has 0 saturated carbocycles. The maximum atomic E-state index is 12.0. The smallest absolute Gasteiger partial charge is 0.239 e. The zero-order valence-corrected chi connectivity index (χ0v) is 10.6. The zero-order chi connectivity index (χ0) is 12.1. The molecule has 3 atom stereocenters. The van der Waals surface area contributed by atoms with Gasteiger partial charge >= 0.3 is 0 Å². The zero-order valence-electron chi connectivity index (χ0n) is 10.6. The van der Waals surface area contributed by atoms with Gasteiger partial charge in [-0.25, -0.2) is 0 Å². The van der Waals surface area contributed by atoms with E-state index in [1.807, 2.05) is 11.8 Å². The van der Waals surface area contributed by atoms with Crippen molar-refractivity contribution >= 4 is 5.91 Å². The van der Waals surface area contributed by atoms with E-state index in [0.29, 0.717) is 12.5 Å². The van der Waals surface area contributed by atoms with Gasteiger partial charge in [-0.2, -0.15) is 0 Å². The summed E-state index contributed by atoms with van der Waals surface area (Å²) in [6, 6.07) is -0.337. The van der Waals surface area contributed by atoms with Gasteiger partial charge in [0.25, 0.3) is 0 Å². The average Bonchev–Trinajstić information content (AvgIpc) is 2.29. The fraction of sp³-hybridized carbons (Fsp3) is 0.917. The molecular formula is C12H24N2O2. The number of hydrogen-bond donors (Lipinski definition) is 1. The van der Waals surface area contributed by atoms with E-state index in [9.17, 15) is 4.79 Å². The molecule has 1 amide bonds. The van der Waals surface area contributed by atoms with Crippen LogP contribution in [0.3, 0.4) is 0 Å². The summed E-state index contributed by atoms with van der Waals surface area (Å²) in [5.41, 5.74) is 5.85. The van der Waals surface area contributed by atoms with Crippen molar-refractivity contribution in [3.63, 3.8) is 0 Å². The van der Waals surface area contributed by atoms with E-state index in [0.717, 1.165) is 25.8 Å². The van der Waals surface area contributed by atoms with E-state index < -0.39 is 0 Å². The van der Waals surface area contributed by atoms with E-state index in [4.69, 9.17) is 10.5 Å². The van der Waals surface area contributed by atoms with Crippen LogP contribution in [0.15, 0.2) is 0 Å². The van der Waals surface area contributed by atoms with Gasteiger partial charge in [-0.3, -0.25) is 4.79 Å². The molecule has 1 saturated heterocycles. The second kappa shape index (κ2) is 6.21. The lowest BCUT2D eigenvalue weighted by molar-refractivity contribution is -0.137. The number of rotatable bonds is 4. The fourth-order valence-electron chi connectivity index (χ4n) is 2.21. The molecule has 4 nitrogen and oxygen atoms in total. The van der Waals surface area contributed by atoms with E-state index in [-0.39, 0.29) is 18.1 Å². The van der Waals surface area contributed by atoms with Crippen LogP contribution in [0.5, 0.6) is 0 Å². The predicted octanol–water partition coefficient (Wildman–Crippen LogP) is 0.997. The maximum Gasteiger partial charge on any atom is 0.239 e. The van der Waals surface area contributed by atoms with Crippen molar-refractivity contribution in [2.24, 2.45) is 11.7 Å². The number of piperidine rings is 1. The van der Waals surface area contributed by atoms with Crippen LogP contribution in [-0.2, 0) is 9.53 Å². The highest BCUT2D eigenvalue weighted by Crippen LogP contribution is 2.20. The summed E-state index contributed by atoms with van der Waals surface area (Å²) < 4.78 is 5.39. The summed E-state index contributed by atoms with van der Waals surface area (Å²) in [6.45, 7) is 5.72. The minimum absolute atomic E-state index is 0.0794. The molecule has 2 N–H and O–H groups in total. The highest BCUT2D eigenvalue weighted by atomic mass is 16.5. The number of ether oxygens (including phenoxy) is 1. The first-order valence-electron chi connectivity index (χ1n) is 6.17. The van der Waals surface area contributed by atoms with E-state index >= 15 is 0 Å². The predicted molar refractivity (Wildman–Crippen MR) is 64.0 cm³/mol. The molecule has 94 valence electrons. The lowest BCUT2D eigenvalue weighted by atomic mass is 9.95. The quantitative estimate of drug-likeness (QED) is 0.781. The Balaban J connectivity index is 2.51. The number of likely N-dealkylation sites (tertiary alicyclic amines) is 1. The van der Waals surface area contributed by atoms with Gasteiger partial charge in [0.15, 0.2) is 0 Å². The molecule has 1 fully saturated rings. The third-order valence-corrected chi connectivity index (χ3v) is 3.42. The molecule has 1 rings (SSSR count). The first-order valence-corrected chi connectivity index (χ1v) is 6.17. The minimum Gasteiger partial charge on any atom is -0.379 e. The Kier molecular flexibility index (Phi) is 5.22. The molecule has 2 unspecified atom stereocenters. The van der Waals surface area contributed by atoms with Crippen LogP contribution in [0.25, 0.3) is 0 Å². The molecular weight excluding hydrogens is 204 g/mol. The average molecular weight is 228 g/mol. The summed E-state index contributed by atoms with van der Waals surface area (Å²) in [4.78, 5) is 13.9. The maximum absolute atomic E-state index is 12.0. The standard InChI is InChI=1S/C12H24N2O2/c1-4-5-10(13)12(15)14-7-6-9(2)11(8-14)16-3/h9-11H,4-8,13H2,1-3H3/t9?,10-,11?/m1/s1. The van der Waals surface area contributed by atoms with Crippen LogP contribution < -0.4 is 5.73 Å². The Hall–Kier alpha value is -0.610. The molecule has 0 aromatic rings. The van der Waals surface area contributed by atoms with Gasteiger partial charge in [0, 0.05) is 20.2 Å². The van der Waals surface area contributed by atoms with Crippen molar-refractivity contribution in [3.8, 4) is 0 Å². The van der Waals surface area contributed by atoms with Crippen LogP contribution >= 0.6 is 0 Å². The first-order chi connectivity index (χ1) is 7.60. The molecule has 0 bridgehead atoms. The van der Waals surface area contributed by atoms with E-state index in [2.05, 4.69) is 6.92 Å². The van der Waals surface area contributed by atoms with Gasteiger partial charge in [0.05, 0.1) is 12.1 Å². The van der Waals surface area contributed by atoms with Crippen molar-refractivity contribution in [2.75, 3.05) is 20.2 Å². The second-order valence-electron chi connectivity index (χ2n) is 4.72. The van der Waals surface area contributed by atoms with Crippen LogP contribution in [-0.4, -0.2) is 43.2 Å². The summed E-state index contributed by atoms with van der Waals surface area (Å²) in [5.74, 6) is 0.604. The van der Waals surface area contributed by atoms with Gasteiger partial charge in [0.2, 0.25) is 5.91 Å². The fourth-order valence-corrected chi connectivity index (χ4v) is 2.21. The topological polar surface area (TPSA) is 55.6 Å². The molecule has 1 heterocycles. The number of hydrogen-bond acceptors (Lipinski definition) is 3. The van der Waals surface area contributed by atoms with E-state index in [1.54, 1.807) is 7.11 Å². The highest BCUT2D eigenvalue weighted by molar-refractivity contribution is 5.81. The SMILES string of the molecule is CCC[C@@H](N)C(=O)N1CCC(C)C(OC)C1. The van der Waals surface area contributed by atoms with Crippen molar-refractivity contribution in [3.05, 3.63) is 0 Å². The molecule has 4 heteroatoms. The number of nitrogens with two attached hydrogens (primary N) is 1. The highest BCUT2D eigenvalue weighted by Gasteiger charge is 2.30. The Morgan fingerprint density at radius 1 is 1.62 bits per heavy atom. The number of carbonyl (C=O) groups is 1. The van der Waals surface area contributed by atoms with Gasteiger partial charge in [-0.05, 0) is 18.8 Å². The lowest BCUT2D eigenvalue weighted by Crippen LogP contribution is -2.51. The Morgan fingerprint density at radius 3 is 2.88 bits per heavy atom. The molecule has 1 aliphatic rings. The normalized spacial score (nSPS) is 27.9. The molecule has 1 aliphatic heterocycles. The van der Waals surface area contributed by atoms with Gasteiger partial charge in [-0.15, -0.1) is 0 Å².